The molecular weight excluding hydrogens is 452 g/mol. The molecule has 1 aromatic heterocycles. The number of carbonyl (C=O) groups is 2. The molecule has 3 heterocycles. The second-order valence-corrected chi connectivity index (χ2v) is 10.1. The van der Waals surface area contributed by atoms with Gasteiger partial charge in [0.15, 0.2) is 0 Å². The number of benzene rings is 2. The van der Waals surface area contributed by atoms with E-state index in [1.165, 1.54) is 25.0 Å². The van der Waals surface area contributed by atoms with Crippen molar-refractivity contribution in [1.29, 1.82) is 0 Å². The van der Waals surface area contributed by atoms with Crippen molar-refractivity contribution < 1.29 is 14.3 Å². The largest absolute Gasteiger partial charge is 0.497 e. The molecule has 36 heavy (non-hydrogen) atoms. The maximum atomic E-state index is 13.4. The van der Waals surface area contributed by atoms with Gasteiger partial charge in [-0.15, -0.1) is 0 Å². The Balaban J connectivity index is 1.43. The van der Waals surface area contributed by atoms with Gasteiger partial charge in [-0.25, -0.2) is 0 Å². The van der Waals surface area contributed by atoms with Crippen LogP contribution in [-0.2, 0) is 24.3 Å². The van der Waals surface area contributed by atoms with Crippen molar-refractivity contribution in [3.8, 4) is 17.0 Å². The molecule has 0 saturated heterocycles. The molecule has 6 rings (SSSR count). The summed E-state index contributed by atoms with van der Waals surface area (Å²) in [4.78, 5) is 29.4. The standard InChI is InChI=1S/C29H32N4O3/c1-19(34)31-16-15-27-26(17-31)28(30-33(27)21-7-4-3-5-8-21)23-9-6-10-24-25(23)18-32(29(24)35)20-11-13-22(36-2)14-12-20/h6,9-14,21H,3-5,7-8,15-18H2,1-2H3. The predicted molar refractivity (Wildman–Crippen MR) is 138 cm³/mol. The highest BCUT2D eigenvalue weighted by molar-refractivity contribution is 6.11. The number of amides is 2. The van der Waals surface area contributed by atoms with Gasteiger partial charge in [-0.3, -0.25) is 14.3 Å². The first-order valence-electron chi connectivity index (χ1n) is 13.0. The van der Waals surface area contributed by atoms with Crippen LogP contribution in [0, 0.1) is 0 Å². The zero-order valence-electron chi connectivity index (χ0n) is 21.0. The van der Waals surface area contributed by atoms with Crippen LogP contribution in [0.1, 0.15) is 72.2 Å². The van der Waals surface area contributed by atoms with E-state index in [-0.39, 0.29) is 11.8 Å². The minimum absolute atomic E-state index is 0.00274. The lowest BCUT2D eigenvalue weighted by atomic mass is 9.94. The van der Waals surface area contributed by atoms with Crippen LogP contribution in [0.25, 0.3) is 11.3 Å². The highest BCUT2D eigenvalue weighted by Gasteiger charge is 2.35. The zero-order valence-corrected chi connectivity index (χ0v) is 21.0. The molecule has 0 atom stereocenters. The average Bonchev–Trinajstić information content (AvgIpc) is 3.47. The van der Waals surface area contributed by atoms with Gasteiger partial charge in [0, 0.05) is 54.5 Å². The SMILES string of the molecule is COc1ccc(N2Cc3c(cccc3-c3nn(C4CCCCC4)c4c3CN(C(C)=O)CC4)C2=O)cc1. The number of rotatable bonds is 4. The Kier molecular flexibility index (Phi) is 5.78. The number of methoxy groups -OCH3 is 1. The first-order valence-corrected chi connectivity index (χ1v) is 13.0. The van der Waals surface area contributed by atoms with Crippen LogP contribution in [0.2, 0.25) is 0 Å². The lowest BCUT2D eigenvalue weighted by Gasteiger charge is -2.29. The molecule has 1 saturated carbocycles. The summed E-state index contributed by atoms with van der Waals surface area (Å²) >= 11 is 0. The number of carbonyl (C=O) groups excluding carboxylic acids is 2. The zero-order chi connectivity index (χ0) is 24.8. The lowest BCUT2D eigenvalue weighted by molar-refractivity contribution is -0.129. The van der Waals surface area contributed by atoms with E-state index >= 15 is 0 Å². The van der Waals surface area contributed by atoms with Crippen molar-refractivity contribution in [3.05, 3.63) is 64.8 Å². The fraction of sp³-hybridized carbons (Fsp3) is 0.414. The molecule has 0 radical (unpaired) electrons. The molecule has 1 aliphatic carbocycles. The number of ether oxygens (including phenoxy) is 1. The molecule has 3 aliphatic rings. The fourth-order valence-electron chi connectivity index (χ4n) is 6.08. The van der Waals surface area contributed by atoms with Crippen LogP contribution in [0.3, 0.4) is 0 Å². The van der Waals surface area contributed by atoms with E-state index in [1.54, 1.807) is 14.0 Å². The predicted octanol–water partition coefficient (Wildman–Crippen LogP) is 5.13. The molecule has 186 valence electrons. The van der Waals surface area contributed by atoms with Crippen molar-refractivity contribution in [2.45, 2.75) is 64.6 Å². The first-order chi connectivity index (χ1) is 17.5. The number of aromatic nitrogens is 2. The molecule has 0 bridgehead atoms. The van der Waals surface area contributed by atoms with Crippen molar-refractivity contribution >= 4 is 17.5 Å². The van der Waals surface area contributed by atoms with Crippen LogP contribution < -0.4 is 9.64 Å². The maximum Gasteiger partial charge on any atom is 0.258 e. The third-order valence-corrected chi connectivity index (χ3v) is 8.06. The van der Waals surface area contributed by atoms with Crippen LogP contribution >= 0.6 is 0 Å². The molecular formula is C29H32N4O3. The van der Waals surface area contributed by atoms with Gasteiger partial charge in [0.1, 0.15) is 5.75 Å². The Bertz CT molecular complexity index is 1320. The third kappa shape index (κ3) is 3.77. The lowest BCUT2D eigenvalue weighted by Crippen LogP contribution is -2.35. The second-order valence-electron chi connectivity index (χ2n) is 10.1. The van der Waals surface area contributed by atoms with Gasteiger partial charge >= 0.3 is 0 Å². The number of fused-ring (bicyclic) bond motifs is 2. The Labute approximate surface area is 211 Å². The number of hydrogen-bond acceptors (Lipinski definition) is 4. The molecule has 0 unspecified atom stereocenters. The minimum atomic E-state index is 0.00274. The summed E-state index contributed by atoms with van der Waals surface area (Å²) in [7, 11) is 1.64. The quantitative estimate of drug-likeness (QED) is 0.515. The second kappa shape index (κ2) is 9.12. The average molecular weight is 485 g/mol. The molecule has 0 N–H and O–H groups in total. The third-order valence-electron chi connectivity index (χ3n) is 8.06. The van der Waals surface area contributed by atoms with E-state index in [0.717, 1.165) is 65.2 Å². The maximum absolute atomic E-state index is 13.4. The normalized spacial score (nSPS) is 17.8. The van der Waals surface area contributed by atoms with E-state index in [4.69, 9.17) is 9.84 Å². The highest BCUT2D eigenvalue weighted by Crippen LogP contribution is 2.40. The minimum Gasteiger partial charge on any atom is -0.497 e. The van der Waals surface area contributed by atoms with Gasteiger partial charge in [0.05, 0.1) is 25.4 Å². The van der Waals surface area contributed by atoms with E-state index in [1.807, 2.05) is 46.2 Å². The fourth-order valence-corrected chi connectivity index (χ4v) is 6.08. The summed E-state index contributed by atoms with van der Waals surface area (Å²) in [6, 6.07) is 14.0. The van der Waals surface area contributed by atoms with Crippen LogP contribution in [0.5, 0.6) is 5.75 Å². The van der Waals surface area contributed by atoms with E-state index < -0.39 is 0 Å². The molecule has 7 nitrogen and oxygen atoms in total. The Morgan fingerprint density at radius 1 is 0.972 bits per heavy atom. The van der Waals surface area contributed by atoms with Gasteiger partial charge in [-0.2, -0.15) is 5.10 Å². The first kappa shape index (κ1) is 22.8. The van der Waals surface area contributed by atoms with E-state index in [0.29, 0.717) is 19.1 Å². The van der Waals surface area contributed by atoms with Gasteiger partial charge in [0.2, 0.25) is 5.91 Å². The van der Waals surface area contributed by atoms with Crippen molar-refractivity contribution in [3.63, 3.8) is 0 Å². The van der Waals surface area contributed by atoms with E-state index in [2.05, 4.69) is 10.7 Å². The van der Waals surface area contributed by atoms with Gasteiger partial charge in [-0.1, -0.05) is 31.4 Å². The topological polar surface area (TPSA) is 67.7 Å². The number of nitrogens with zero attached hydrogens (tertiary/aromatic N) is 4. The van der Waals surface area contributed by atoms with Gasteiger partial charge in [-0.05, 0) is 48.7 Å². The van der Waals surface area contributed by atoms with Crippen LogP contribution in [0.15, 0.2) is 42.5 Å². The smallest absolute Gasteiger partial charge is 0.258 e. The number of anilines is 1. The van der Waals surface area contributed by atoms with Gasteiger partial charge in [0.25, 0.3) is 5.91 Å². The summed E-state index contributed by atoms with van der Waals surface area (Å²) in [5.74, 6) is 0.859. The summed E-state index contributed by atoms with van der Waals surface area (Å²) in [5, 5.41) is 5.23. The van der Waals surface area contributed by atoms with Crippen molar-refractivity contribution in [2.75, 3.05) is 18.6 Å². The van der Waals surface area contributed by atoms with Crippen molar-refractivity contribution in [2.24, 2.45) is 0 Å². The van der Waals surface area contributed by atoms with Crippen LogP contribution in [-0.4, -0.2) is 40.1 Å². The van der Waals surface area contributed by atoms with Crippen LogP contribution in [0.4, 0.5) is 5.69 Å². The molecule has 2 amide bonds. The Morgan fingerprint density at radius 2 is 1.72 bits per heavy atom. The monoisotopic (exact) mass is 484 g/mol. The summed E-state index contributed by atoms with van der Waals surface area (Å²) < 4.78 is 7.56. The summed E-state index contributed by atoms with van der Waals surface area (Å²) in [5.41, 5.74) is 6.93. The van der Waals surface area contributed by atoms with Gasteiger partial charge < -0.3 is 14.5 Å². The number of hydrogen-bond donors (Lipinski definition) is 0. The summed E-state index contributed by atoms with van der Waals surface area (Å²) in [6.45, 7) is 3.45. The Hall–Kier alpha value is -3.61. The van der Waals surface area contributed by atoms with E-state index in [9.17, 15) is 9.59 Å². The molecule has 1 fully saturated rings. The molecule has 7 heteroatoms. The summed E-state index contributed by atoms with van der Waals surface area (Å²) in [6.07, 6.45) is 6.90. The molecule has 2 aliphatic heterocycles. The molecule has 2 aromatic carbocycles. The Morgan fingerprint density at radius 3 is 2.44 bits per heavy atom. The van der Waals surface area contributed by atoms with Crippen molar-refractivity contribution in [1.82, 2.24) is 14.7 Å². The molecule has 3 aromatic rings. The molecule has 0 spiro atoms. The highest BCUT2D eigenvalue weighted by atomic mass is 16.5.